The molecule has 0 spiro atoms. The Morgan fingerprint density at radius 2 is 2.16 bits per heavy atom. The normalized spacial score (nSPS) is 12.4. The van der Waals surface area contributed by atoms with Gasteiger partial charge in [0, 0.05) is 18.9 Å². The van der Waals surface area contributed by atoms with E-state index >= 15 is 0 Å². The Bertz CT molecular complexity index is 540. The van der Waals surface area contributed by atoms with Crippen LogP contribution in [-0.2, 0) is 11.2 Å². The molecular formula is C16H20N2O. The number of ether oxygens (including phenoxy) is 1. The second-order valence-corrected chi connectivity index (χ2v) is 4.65. The molecule has 3 nitrogen and oxygen atoms in total. The maximum Gasteiger partial charge on any atom is 0.116 e. The highest BCUT2D eigenvalue weighted by Gasteiger charge is 2.09. The van der Waals surface area contributed by atoms with Crippen LogP contribution in [0.2, 0.25) is 0 Å². The fourth-order valence-corrected chi connectivity index (χ4v) is 2.15. The summed E-state index contributed by atoms with van der Waals surface area (Å²) < 4.78 is 5.37. The van der Waals surface area contributed by atoms with Crippen LogP contribution in [0, 0.1) is 0 Å². The van der Waals surface area contributed by atoms with Crippen LogP contribution in [0.3, 0.4) is 0 Å². The summed E-state index contributed by atoms with van der Waals surface area (Å²) in [4.78, 5) is 8.57. The fourth-order valence-electron chi connectivity index (χ4n) is 2.15. The van der Waals surface area contributed by atoms with Crippen LogP contribution < -0.4 is 0 Å². The molecule has 0 unspecified atom stereocenters. The van der Waals surface area contributed by atoms with Gasteiger partial charge in [0.2, 0.25) is 0 Å². The maximum atomic E-state index is 5.37. The van der Waals surface area contributed by atoms with Crippen LogP contribution >= 0.6 is 0 Å². The Labute approximate surface area is 114 Å². The highest BCUT2D eigenvalue weighted by Crippen LogP contribution is 2.25. The van der Waals surface area contributed by atoms with Gasteiger partial charge in [-0.25, -0.2) is 9.97 Å². The van der Waals surface area contributed by atoms with Gasteiger partial charge in [0.05, 0.1) is 11.8 Å². The van der Waals surface area contributed by atoms with Gasteiger partial charge in [0.25, 0.3) is 0 Å². The average Bonchev–Trinajstić information content (AvgIpc) is 2.47. The van der Waals surface area contributed by atoms with Crippen molar-refractivity contribution in [3.05, 3.63) is 47.9 Å². The molecule has 1 heterocycles. The van der Waals surface area contributed by atoms with Crippen molar-refractivity contribution in [1.29, 1.82) is 0 Å². The van der Waals surface area contributed by atoms with Crippen molar-refractivity contribution in [1.82, 2.24) is 9.97 Å². The number of aryl methyl sites for hydroxylation is 1. The van der Waals surface area contributed by atoms with Crippen molar-refractivity contribution in [3.63, 3.8) is 0 Å². The van der Waals surface area contributed by atoms with Crippen molar-refractivity contribution < 1.29 is 4.74 Å². The van der Waals surface area contributed by atoms with Gasteiger partial charge in [-0.3, -0.25) is 0 Å². The van der Waals surface area contributed by atoms with Gasteiger partial charge in [-0.15, -0.1) is 0 Å². The van der Waals surface area contributed by atoms with Crippen molar-refractivity contribution in [2.24, 2.45) is 0 Å². The van der Waals surface area contributed by atoms with E-state index in [4.69, 9.17) is 4.74 Å². The molecule has 3 heteroatoms. The fraction of sp³-hybridized carbons (Fsp3) is 0.375. The smallest absolute Gasteiger partial charge is 0.116 e. The molecule has 0 aliphatic rings. The van der Waals surface area contributed by atoms with Crippen LogP contribution in [-0.4, -0.2) is 17.1 Å². The molecule has 0 bridgehead atoms. The van der Waals surface area contributed by atoms with Crippen molar-refractivity contribution >= 4 is 0 Å². The number of hydrogen-bond acceptors (Lipinski definition) is 3. The minimum Gasteiger partial charge on any atom is -0.377 e. The van der Waals surface area contributed by atoms with Gasteiger partial charge in [0.15, 0.2) is 0 Å². The average molecular weight is 256 g/mol. The Morgan fingerprint density at radius 3 is 2.89 bits per heavy atom. The second-order valence-electron chi connectivity index (χ2n) is 4.65. The number of rotatable bonds is 5. The van der Waals surface area contributed by atoms with E-state index in [2.05, 4.69) is 41.2 Å². The summed E-state index contributed by atoms with van der Waals surface area (Å²) in [6.07, 6.45) is 5.71. The molecule has 19 heavy (non-hydrogen) atoms. The quantitative estimate of drug-likeness (QED) is 0.816. The zero-order valence-corrected chi connectivity index (χ0v) is 11.8. The highest BCUT2D eigenvalue weighted by molar-refractivity contribution is 5.63. The third-order valence-electron chi connectivity index (χ3n) is 3.29. The molecule has 2 rings (SSSR count). The predicted molar refractivity (Wildman–Crippen MR) is 76.9 cm³/mol. The molecular weight excluding hydrogens is 236 g/mol. The Morgan fingerprint density at radius 1 is 1.32 bits per heavy atom. The summed E-state index contributed by atoms with van der Waals surface area (Å²) in [6, 6.07) is 8.37. The van der Waals surface area contributed by atoms with E-state index in [1.165, 1.54) is 11.1 Å². The van der Waals surface area contributed by atoms with E-state index in [-0.39, 0.29) is 6.10 Å². The topological polar surface area (TPSA) is 35.0 Å². The van der Waals surface area contributed by atoms with Crippen molar-refractivity contribution in [2.45, 2.75) is 32.8 Å². The molecule has 0 fully saturated rings. The zero-order chi connectivity index (χ0) is 13.7. The van der Waals surface area contributed by atoms with Gasteiger partial charge in [-0.05, 0) is 30.5 Å². The molecule has 1 aromatic heterocycles. The number of aromatic nitrogens is 2. The molecule has 2 aromatic rings. The lowest BCUT2D eigenvalue weighted by molar-refractivity contribution is 0.119. The van der Waals surface area contributed by atoms with Gasteiger partial charge in [-0.1, -0.05) is 31.5 Å². The van der Waals surface area contributed by atoms with Crippen LogP contribution in [0.1, 0.15) is 37.5 Å². The molecule has 0 N–H and O–H groups in total. The molecule has 1 aromatic carbocycles. The summed E-state index contributed by atoms with van der Waals surface area (Å²) in [7, 11) is 1.73. The van der Waals surface area contributed by atoms with Crippen LogP contribution in [0.15, 0.2) is 36.8 Å². The van der Waals surface area contributed by atoms with E-state index in [0.29, 0.717) is 0 Å². The standard InChI is InChI=1S/C16H20N2O/c1-4-6-15-10-17-11-18-16(15)14-8-5-7-13(9-14)12(2)19-3/h5,7-12H,4,6H2,1-3H3/t12-/m0/s1. The van der Waals surface area contributed by atoms with Gasteiger partial charge in [0.1, 0.15) is 6.33 Å². The Hall–Kier alpha value is -1.74. The first-order valence-corrected chi connectivity index (χ1v) is 6.68. The molecule has 1 atom stereocenters. The SMILES string of the molecule is CCCc1cncnc1-c1cccc([C@H](C)OC)c1. The zero-order valence-electron chi connectivity index (χ0n) is 11.8. The predicted octanol–water partition coefficient (Wildman–Crippen LogP) is 3.80. The monoisotopic (exact) mass is 256 g/mol. The number of hydrogen-bond donors (Lipinski definition) is 0. The van der Waals surface area contributed by atoms with Gasteiger partial charge in [-0.2, -0.15) is 0 Å². The minimum absolute atomic E-state index is 0.0939. The van der Waals surface area contributed by atoms with Gasteiger partial charge >= 0.3 is 0 Å². The summed E-state index contributed by atoms with van der Waals surface area (Å²) >= 11 is 0. The van der Waals surface area contributed by atoms with Crippen molar-refractivity contribution in [3.8, 4) is 11.3 Å². The molecule has 0 saturated heterocycles. The molecule has 0 amide bonds. The summed E-state index contributed by atoms with van der Waals surface area (Å²) in [5.74, 6) is 0. The van der Waals surface area contributed by atoms with Gasteiger partial charge < -0.3 is 4.74 Å². The second kappa shape index (κ2) is 6.43. The molecule has 0 aliphatic heterocycles. The maximum absolute atomic E-state index is 5.37. The summed E-state index contributed by atoms with van der Waals surface area (Å²) in [5.41, 5.74) is 4.53. The molecule has 0 aliphatic carbocycles. The largest absolute Gasteiger partial charge is 0.377 e. The van der Waals surface area contributed by atoms with E-state index in [9.17, 15) is 0 Å². The van der Waals surface area contributed by atoms with E-state index in [1.54, 1.807) is 13.4 Å². The Kier molecular flexibility index (Phi) is 4.63. The first-order valence-electron chi connectivity index (χ1n) is 6.68. The highest BCUT2D eigenvalue weighted by atomic mass is 16.5. The third-order valence-corrected chi connectivity index (χ3v) is 3.29. The van der Waals surface area contributed by atoms with Crippen LogP contribution in [0.25, 0.3) is 11.3 Å². The number of benzene rings is 1. The first kappa shape index (κ1) is 13.7. The molecule has 100 valence electrons. The van der Waals surface area contributed by atoms with Crippen LogP contribution in [0.4, 0.5) is 0 Å². The minimum atomic E-state index is 0.0939. The Balaban J connectivity index is 2.41. The molecule has 0 radical (unpaired) electrons. The first-order chi connectivity index (χ1) is 9.26. The summed E-state index contributed by atoms with van der Waals surface area (Å²) in [6.45, 7) is 4.21. The van der Waals surface area contributed by atoms with E-state index in [0.717, 1.165) is 24.1 Å². The third kappa shape index (κ3) is 3.18. The van der Waals surface area contributed by atoms with E-state index < -0.39 is 0 Å². The molecule has 0 saturated carbocycles. The number of methoxy groups -OCH3 is 1. The van der Waals surface area contributed by atoms with Crippen LogP contribution in [0.5, 0.6) is 0 Å². The lowest BCUT2D eigenvalue weighted by atomic mass is 10.0. The van der Waals surface area contributed by atoms with E-state index in [1.807, 2.05) is 13.1 Å². The lowest BCUT2D eigenvalue weighted by Gasteiger charge is -2.12. The lowest BCUT2D eigenvalue weighted by Crippen LogP contribution is -1.98. The van der Waals surface area contributed by atoms with Crippen molar-refractivity contribution in [2.75, 3.05) is 7.11 Å². The number of nitrogens with zero attached hydrogens (tertiary/aromatic N) is 2. The summed E-state index contributed by atoms with van der Waals surface area (Å²) in [5, 5.41) is 0.